The summed E-state index contributed by atoms with van der Waals surface area (Å²) in [6.07, 6.45) is -1.87. The standard InChI is InChI=1S/C14H26F3N3O2.2ClH/c1-22-12(9-18)8-13(21)19-5-2-11-3-6-20(7-4-11)10-14(15,16)17;;/h11-12H,2-10,18H2,1H3,(H,19,21);2*1H. The molecule has 1 saturated heterocycles. The molecule has 0 spiro atoms. The van der Waals surface area contributed by atoms with Crippen LogP contribution in [0.4, 0.5) is 13.2 Å². The summed E-state index contributed by atoms with van der Waals surface area (Å²) in [5, 5.41) is 2.81. The van der Waals surface area contributed by atoms with Gasteiger partial charge in [0.15, 0.2) is 0 Å². The highest BCUT2D eigenvalue weighted by Crippen LogP contribution is 2.23. The fraction of sp³-hybridized carbons (Fsp3) is 0.929. The van der Waals surface area contributed by atoms with Crippen molar-refractivity contribution in [3.63, 3.8) is 0 Å². The van der Waals surface area contributed by atoms with E-state index in [1.807, 2.05) is 0 Å². The predicted molar refractivity (Wildman–Crippen MR) is 91.8 cm³/mol. The molecule has 1 unspecified atom stereocenters. The van der Waals surface area contributed by atoms with Crippen molar-refractivity contribution in [3.8, 4) is 0 Å². The zero-order valence-corrected chi connectivity index (χ0v) is 15.4. The Labute approximate surface area is 153 Å². The van der Waals surface area contributed by atoms with Crippen LogP contribution in [0.3, 0.4) is 0 Å². The quantitative estimate of drug-likeness (QED) is 0.656. The van der Waals surface area contributed by atoms with Crippen LogP contribution in [0.15, 0.2) is 0 Å². The normalized spacial score (nSPS) is 17.5. The van der Waals surface area contributed by atoms with Crippen LogP contribution in [0, 0.1) is 5.92 Å². The number of piperidine rings is 1. The van der Waals surface area contributed by atoms with Gasteiger partial charge in [-0.1, -0.05) is 0 Å². The number of hydrogen-bond donors (Lipinski definition) is 2. The molecule has 5 nitrogen and oxygen atoms in total. The Bertz CT molecular complexity index is 338. The van der Waals surface area contributed by atoms with Gasteiger partial charge in [-0.25, -0.2) is 0 Å². The molecule has 0 aromatic carbocycles. The fourth-order valence-electron chi connectivity index (χ4n) is 2.64. The van der Waals surface area contributed by atoms with Crippen molar-refractivity contribution in [1.29, 1.82) is 0 Å². The molecule has 1 heterocycles. The molecule has 0 aromatic rings. The van der Waals surface area contributed by atoms with E-state index in [0.717, 1.165) is 19.3 Å². The number of likely N-dealkylation sites (tertiary alicyclic amines) is 1. The Morgan fingerprint density at radius 2 is 1.92 bits per heavy atom. The average Bonchev–Trinajstić information content (AvgIpc) is 2.45. The highest BCUT2D eigenvalue weighted by molar-refractivity contribution is 5.85. The number of nitrogens with two attached hydrogens (primary N) is 1. The van der Waals surface area contributed by atoms with Gasteiger partial charge in [-0.2, -0.15) is 13.2 Å². The van der Waals surface area contributed by atoms with Gasteiger partial charge >= 0.3 is 6.18 Å². The minimum absolute atomic E-state index is 0. The molecule has 0 saturated carbocycles. The summed E-state index contributed by atoms with van der Waals surface area (Å²) in [6.45, 7) is 0.952. The lowest BCUT2D eigenvalue weighted by molar-refractivity contribution is -0.148. The van der Waals surface area contributed by atoms with E-state index in [1.54, 1.807) is 0 Å². The van der Waals surface area contributed by atoms with E-state index in [4.69, 9.17) is 10.5 Å². The first-order valence-electron chi connectivity index (χ1n) is 7.62. The lowest BCUT2D eigenvalue weighted by Gasteiger charge is -2.32. The smallest absolute Gasteiger partial charge is 0.380 e. The maximum absolute atomic E-state index is 12.3. The van der Waals surface area contributed by atoms with Gasteiger partial charge in [0.2, 0.25) is 5.91 Å². The van der Waals surface area contributed by atoms with E-state index < -0.39 is 12.7 Å². The third-order valence-electron chi connectivity index (χ3n) is 3.99. The first-order valence-corrected chi connectivity index (χ1v) is 7.62. The van der Waals surface area contributed by atoms with E-state index in [1.165, 1.54) is 12.0 Å². The van der Waals surface area contributed by atoms with Crippen molar-refractivity contribution >= 4 is 30.7 Å². The molecule has 146 valence electrons. The highest BCUT2D eigenvalue weighted by Gasteiger charge is 2.32. The summed E-state index contributed by atoms with van der Waals surface area (Å²) < 4.78 is 41.9. The molecular formula is C14H28Cl2F3N3O2. The Morgan fingerprint density at radius 3 is 2.38 bits per heavy atom. The summed E-state index contributed by atoms with van der Waals surface area (Å²) >= 11 is 0. The molecular weight excluding hydrogens is 370 g/mol. The van der Waals surface area contributed by atoms with Gasteiger partial charge in [0.05, 0.1) is 19.1 Å². The van der Waals surface area contributed by atoms with Crippen molar-refractivity contribution in [2.24, 2.45) is 11.7 Å². The molecule has 0 radical (unpaired) electrons. The SMILES string of the molecule is COC(CN)CC(=O)NCCC1CCN(CC(F)(F)F)CC1.Cl.Cl. The molecule has 0 aliphatic carbocycles. The largest absolute Gasteiger partial charge is 0.401 e. The number of carbonyl (C=O) groups is 1. The summed E-state index contributed by atoms with van der Waals surface area (Å²) in [5.41, 5.74) is 5.44. The van der Waals surface area contributed by atoms with Gasteiger partial charge in [0.1, 0.15) is 0 Å². The Balaban J connectivity index is 0. The zero-order valence-electron chi connectivity index (χ0n) is 13.8. The van der Waals surface area contributed by atoms with Crippen molar-refractivity contribution in [2.45, 2.75) is 38.0 Å². The van der Waals surface area contributed by atoms with Crippen LogP contribution in [0.1, 0.15) is 25.7 Å². The topological polar surface area (TPSA) is 67.6 Å². The van der Waals surface area contributed by atoms with Gasteiger partial charge in [-0.05, 0) is 38.3 Å². The second-order valence-corrected chi connectivity index (χ2v) is 5.77. The number of halogens is 5. The van der Waals surface area contributed by atoms with Crippen molar-refractivity contribution in [3.05, 3.63) is 0 Å². The zero-order chi connectivity index (χ0) is 16.6. The van der Waals surface area contributed by atoms with Gasteiger partial charge in [0.25, 0.3) is 0 Å². The highest BCUT2D eigenvalue weighted by atomic mass is 35.5. The number of alkyl halides is 3. The van der Waals surface area contributed by atoms with Crippen LogP contribution < -0.4 is 11.1 Å². The molecule has 24 heavy (non-hydrogen) atoms. The van der Waals surface area contributed by atoms with Crippen LogP contribution in [0.25, 0.3) is 0 Å². The molecule has 1 aliphatic heterocycles. The maximum Gasteiger partial charge on any atom is 0.401 e. The summed E-state index contributed by atoms with van der Waals surface area (Å²) in [7, 11) is 1.51. The lowest BCUT2D eigenvalue weighted by Crippen LogP contribution is -2.40. The summed E-state index contributed by atoms with van der Waals surface area (Å²) in [4.78, 5) is 13.1. The molecule has 1 aliphatic rings. The molecule has 10 heteroatoms. The van der Waals surface area contributed by atoms with Crippen LogP contribution in [0.2, 0.25) is 0 Å². The van der Waals surface area contributed by atoms with E-state index >= 15 is 0 Å². The van der Waals surface area contributed by atoms with E-state index in [9.17, 15) is 18.0 Å². The Morgan fingerprint density at radius 1 is 1.33 bits per heavy atom. The first kappa shape index (κ1) is 26.0. The monoisotopic (exact) mass is 397 g/mol. The van der Waals surface area contributed by atoms with Gasteiger partial charge in [0, 0.05) is 20.2 Å². The molecule has 1 amide bonds. The predicted octanol–water partition coefficient (Wildman–Crippen LogP) is 1.97. The van der Waals surface area contributed by atoms with Gasteiger partial charge in [-0.15, -0.1) is 24.8 Å². The number of amides is 1. The van der Waals surface area contributed by atoms with Crippen LogP contribution in [0.5, 0.6) is 0 Å². The second kappa shape index (κ2) is 13.0. The molecule has 1 rings (SSSR count). The minimum Gasteiger partial charge on any atom is -0.380 e. The van der Waals surface area contributed by atoms with Gasteiger partial charge in [-0.3, -0.25) is 9.69 Å². The number of hydrogen-bond acceptors (Lipinski definition) is 4. The van der Waals surface area contributed by atoms with Crippen LogP contribution >= 0.6 is 24.8 Å². The molecule has 0 bridgehead atoms. The first-order chi connectivity index (χ1) is 10.3. The summed E-state index contributed by atoms with van der Waals surface area (Å²) in [5.74, 6) is 0.268. The minimum atomic E-state index is -4.12. The molecule has 1 fully saturated rings. The number of carbonyl (C=O) groups excluding carboxylic acids is 1. The molecule has 1 atom stereocenters. The number of nitrogens with one attached hydrogen (secondary N) is 1. The van der Waals surface area contributed by atoms with E-state index in [-0.39, 0.29) is 43.2 Å². The van der Waals surface area contributed by atoms with Gasteiger partial charge < -0.3 is 15.8 Å². The van der Waals surface area contributed by atoms with Crippen LogP contribution in [-0.2, 0) is 9.53 Å². The molecule has 0 aromatic heterocycles. The maximum atomic E-state index is 12.3. The average molecular weight is 398 g/mol. The number of ether oxygens (including phenoxy) is 1. The van der Waals surface area contributed by atoms with Crippen molar-refractivity contribution in [1.82, 2.24) is 10.2 Å². The Hall–Kier alpha value is -0.280. The third-order valence-corrected chi connectivity index (χ3v) is 3.99. The number of methoxy groups -OCH3 is 1. The Kier molecular flexibility index (Phi) is 14.1. The lowest BCUT2D eigenvalue weighted by atomic mass is 9.93. The van der Waals surface area contributed by atoms with E-state index in [2.05, 4.69) is 5.32 Å². The van der Waals surface area contributed by atoms with Crippen molar-refractivity contribution in [2.75, 3.05) is 39.8 Å². The van der Waals surface area contributed by atoms with Crippen molar-refractivity contribution < 1.29 is 22.7 Å². The van der Waals surface area contributed by atoms with E-state index in [0.29, 0.717) is 32.1 Å². The fourth-order valence-corrected chi connectivity index (χ4v) is 2.64. The summed E-state index contributed by atoms with van der Waals surface area (Å²) in [6, 6.07) is 0. The molecule has 3 N–H and O–H groups in total. The number of rotatable bonds is 8. The number of nitrogens with zero attached hydrogens (tertiary/aromatic N) is 1. The second-order valence-electron chi connectivity index (χ2n) is 5.77. The van der Waals surface area contributed by atoms with Crippen LogP contribution in [-0.4, -0.2) is 62.9 Å². The third kappa shape index (κ3) is 11.3.